The largest absolute Gasteiger partial charge is 0.512 e. The van der Waals surface area contributed by atoms with Crippen LogP contribution in [0.1, 0.15) is 75.6 Å². The van der Waals surface area contributed by atoms with E-state index >= 15 is 0 Å². The predicted octanol–water partition coefficient (Wildman–Crippen LogP) is 8.26. The van der Waals surface area contributed by atoms with Gasteiger partial charge in [0.25, 0.3) is 0 Å². The Balaban J connectivity index is 0.000000532. The number of carbonyl (C=O) groups is 1. The summed E-state index contributed by atoms with van der Waals surface area (Å²) in [6, 6.07) is 16.1. The number of nitrogens with zero attached hydrogens (tertiary/aromatic N) is 2. The normalized spacial score (nSPS) is 11.4. The Bertz CT molecular complexity index is 1370. The maximum atomic E-state index is 10.0. The van der Waals surface area contributed by atoms with Crippen LogP contribution in [0.3, 0.4) is 0 Å². The molecule has 5 nitrogen and oxygen atoms in total. The molecule has 0 saturated heterocycles. The topological polar surface area (TPSA) is 76.2 Å². The molecule has 0 bridgehead atoms. The summed E-state index contributed by atoms with van der Waals surface area (Å²) in [7, 11) is 0. The van der Waals surface area contributed by atoms with E-state index in [1.807, 2.05) is 6.07 Å². The molecule has 1 radical (unpaired) electrons. The zero-order valence-corrected chi connectivity index (χ0v) is 25.2. The number of rotatable bonds is 5. The number of ketones is 1. The van der Waals surface area contributed by atoms with Crippen molar-refractivity contribution in [2.75, 3.05) is 0 Å². The number of carbonyl (C=O) groups excluding carboxylic acids is 1. The summed E-state index contributed by atoms with van der Waals surface area (Å²) in [4.78, 5) is 19.4. The third kappa shape index (κ3) is 7.70. The molecule has 2 aromatic heterocycles. The second kappa shape index (κ2) is 12.9. The Morgan fingerprint density at radius 1 is 1.03 bits per heavy atom. The zero-order valence-electron chi connectivity index (χ0n) is 22.8. The van der Waals surface area contributed by atoms with Crippen molar-refractivity contribution in [3.8, 4) is 22.7 Å². The van der Waals surface area contributed by atoms with Gasteiger partial charge in [-0.05, 0) is 48.6 Å². The third-order valence-corrected chi connectivity index (χ3v) is 5.70. The van der Waals surface area contributed by atoms with Gasteiger partial charge in [-0.3, -0.25) is 4.79 Å². The van der Waals surface area contributed by atoms with Gasteiger partial charge in [0.1, 0.15) is 11.1 Å². The average Bonchev–Trinajstić information content (AvgIpc) is 3.20. The van der Waals surface area contributed by atoms with E-state index in [2.05, 4.69) is 82.9 Å². The van der Waals surface area contributed by atoms with E-state index in [9.17, 15) is 4.79 Å². The van der Waals surface area contributed by atoms with Gasteiger partial charge in [0.15, 0.2) is 5.78 Å². The van der Waals surface area contributed by atoms with Crippen LogP contribution in [0.5, 0.6) is 0 Å². The second-order valence-corrected chi connectivity index (χ2v) is 9.83. The molecule has 4 aromatic rings. The van der Waals surface area contributed by atoms with Crippen LogP contribution in [0.2, 0.25) is 0 Å². The Morgan fingerprint density at radius 3 is 2.14 bits per heavy atom. The van der Waals surface area contributed by atoms with E-state index in [1.165, 1.54) is 36.6 Å². The molecule has 0 aliphatic carbocycles. The van der Waals surface area contributed by atoms with Gasteiger partial charge in [-0.1, -0.05) is 59.7 Å². The Labute approximate surface area is 233 Å². The fraction of sp³-hybridized carbons (Fsp3) is 0.323. The van der Waals surface area contributed by atoms with Crippen molar-refractivity contribution in [3.63, 3.8) is 0 Å². The molecule has 0 saturated carbocycles. The molecular weight excluding hydrogens is 641 g/mol. The summed E-state index contributed by atoms with van der Waals surface area (Å²) in [5.41, 5.74) is 9.31. The minimum atomic E-state index is -0.125. The number of fused-ring (bicyclic) bond motifs is 1. The van der Waals surface area contributed by atoms with E-state index in [1.54, 1.807) is 6.20 Å². The van der Waals surface area contributed by atoms with Crippen LogP contribution in [0.25, 0.3) is 33.8 Å². The number of hydrogen-bond donors (Lipinski definition) is 1. The maximum Gasteiger partial charge on any atom is 0.227 e. The molecule has 0 atom stereocenters. The van der Waals surface area contributed by atoms with E-state index in [0.29, 0.717) is 17.7 Å². The average molecular weight is 676 g/mol. The Kier molecular flexibility index (Phi) is 10.5. The number of aliphatic hydroxyl groups is 1. The molecule has 2 heterocycles. The molecule has 0 aliphatic heterocycles. The first kappa shape index (κ1) is 30.1. The molecule has 1 N–H and O–H groups in total. The number of aliphatic hydroxyl groups excluding tert-OH is 1. The summed E-state index contributed by atoms with van der Waals surface area (Å²) in [6.07, 6.45) is 2.97. The third-order valence-electron chi connectivity index (χ3n) is 5.70. The minimum Gasteiger partial charge on any atom is -0.512 e. The monoisotopic (exact) mass is 676 g/mol. The van der Waals surface area contributed by atoms with Gasteiger partial charge in [0, 0.05) is 37.9 Å². The fourth-order valence-electron chi connectivity index (χ4n) is 4.21. The first-order chi connectivity index (χ1) is 17.0. The van der Waals surface area contributed by atoms with Crippen molar-refractivity contribution >= 4 is 16.9 Å². The number of aryl methyl sites for hydroxylation is 2. The summed E-state index contributed by atoms with van der Waals surface area (Å²) in [5.74, 6) is 1.39. The van der Waals surface area contributed by atoms with Crippen LogP contribution in [-0.4, -0.2) is 20.9 Å². The van der Waals surface area contributed by atoms with Gasteiger partial charge in [-0.2, -0.15) is 0 Å². The van der Waals surface area contributed by atoms with Crippen molar-refractivity contribution in [3.05, 3.63) is 82.8 Å². The predicted molar refractivity (Wildman–Crippen MR) is 146 cm³/mol. The molecule has 37 heavy (non-hydrogen) atoms. The van der Waals surface area contributed by atoms with Crippen molar-refractivity contribution in [2.45, 2.75) is 67.2 Å². The van der Waals surface area contributed by atoms with E-state index in [0.717, 1.165) is 33.5 Å². The second-order valence-electron chi connectivity index (χ2n) is 9.83. The smallest absolute Gasteiger partial charge is 0.227 e. The molecule has 197 valence electrons. The number of benzene rings is 2. The van der Waals surface area contributed by atoms with Crippen LogP contribution >= 0.6 is 0 Å². The molecule has 2 aromatic carbocycles. The van der Waals surface area contributed by atoms with E-state index in [-0.39, 0.29) is 31.6 Å². The zero-order chi connectivity index (χ0) is 26.6. The molecule has 4 rings (SSSR count). The molecular formula is C31H35IrN2O3-. The molecule has 0 amide bonds. The van der Waals surface area contributed by atoms with Gasteiger partial charge < -0.3 is 14.5 Å². The maximum absolute atomic E-state index is 10.0. The summed E-state index contributed by atoms with van der Waals surface area (Å²) < 4.78 is 6.29. The number of pyridine rings is 1. The van der Waals surface area contributed by atoms with Crippen molar-refractivity contribution in [2.24, 2.45) is 0 Å². The molecule has 0 fully saturated rings. The number of allylic oxidation sites excluding steroid dienone is 2. The summed E-state index contributed by atoms with van der Waals surface area (Å²) >= 11 is 0. The number of oxazole rings is 1. The van der Waals surface area contributed by atoms with Crippen LogP contribution in [-0.2, 0) is 24.9 Å². The van der Waals surface area contributed by atoms with Crippen LogP contribution in [0.4, 0.5) is 0 Å². The quantitative estimate of drug-likeness (QED) is 0.131. The molecule has 0 spiro atoms. The first-order valence-corrected chi connectivity index (χ1v) is 12.2. The fourth-order valence-corrected chi connectivity index (χ4v) is 4.21. The van der Waals surface area contributed by atoms with Crippen molar-refractivity contribution in [1.29, 1.82) is 0 Å². The SMILES string of the molecule is CC(=O)/C=C(/C)O.Cc1[c-]c(-c2cc3oc(-c4c(C(C)C)cccc4C(C)C)nc3cn2)cc(C)c1.[Ir]. The molecule has 0 aliphatic rings. The Morgan fingerprint density at radius 2 is 1.65 bits per heavy atom. The van der Waals surface area contributed by atoms with Crippen LogP contribution in [0.15, 0.2) is 58.8 Å². The minimum absolute atomic E-state index is 0. The van der Waals surface area contributed by atoms with E-state index in [4.69, 9.17) is 14.5 Å². The standard InChI is InChI=1S/C26H27N2O.C5H8O2.Ir/c1-15(2)20-8-7-9-21(16(3)4)25(20)26-28-23-14-27-22(13-24(23)29-26)19-11-17(5)10-18(6)12-19;1-4(6)3-5(2)7;/h7-11,13-16H,1-6H3;3,6H,1-2H3;/q-1;;/b;4-3-;. The van der Waals surface area contributed by atoms with Gasteiger partial charge in [0.05, 0.1) is 5.76 Å². The van der Waals surface area contributed by atoms with Crippen molar-refractivity contribution in [1.82, 2.24) is 9.97 Å². The molecule has 0 unspecified atom stereocenters. The number of hydrogen-bond acceptors (Lipinski definition) is 5. The van der Waals surface area contributed by atoms with Gasteiger partial charge >= 0.3 is 0 Å². The van der Waals surface area contributed by atoms with Crippen LogP contribution < -0.4 is 0 Å². The van der Waals surface area contributed by atoms with Crippen LogP contribution in [0, 0.1) is 19.9 Å². The number of aromatic nitrogens is 2. The van der Waals surface area contributed by atoms with Gasteiger partial charge in [0.2, 0.25) is 5.89 Å². The Hall–Kier alpha value is -3.08. The summed E-state index contributed by atoms with van der Waals surface area (Å²) in [5, 5.41) is 8.36. The van der Waals surface area contributed by atoms with Gasteiger partial charge in [-0.25, -0.2) is 4.98 Å². The summed E-state index contributed by atoms with van der Waals surface area (Å²) in [6.45, 7) is 15.8. The van der Waals surface area contributed by atoms with E-state index < -0.39 is 0 Å². The molecule has 6 heteroatoms. The first-order valence-electron chi connectivity index (χ1n) is 12.2. The van der Waals surface area contributed by atoms with Crippen molar-refractivity contribution < 1.29 is 34.4 Å². The van der Waals surface area contributed by atoms with Gasteiger partial charge in [-0.15, -0.1) is 34.9 Å².